The zero-order chi connectivity index (χ0) is 24.9. The molecular weight excluding hydrogens is 789 g/mol. The Kier molecular flexibility index (Phi) is 10.3. The molecule has 12 heteroatoms. The smallest absolute Gasteiger partial charge is 0.460 e. The highest BCUT2D eigenvalue weighted by molar-refractivity contribution is 9.15. The predicted molar refractivity (Wildman–Crippen MR) is 149 cm³/mol. The van der Waals surface area contributed by atoms with Gasteiger partial charge in [0.05, 0.1) is 17.9 Å². The van der Waals surface area contributed by atoms with Crippen molar-refractivity contribution in [3.63, 3.8) is 0 Å². The summed E-state index contributed by atoms with van der Waals surface area (Å²) in [6.07, 6.45) is 0. The van der Waals surface area contributed by atoms with E-state index in [9.17, 15) is 9.36 Å². The van der Waals surface area contributed by atoms with Crippen molar-refractivity contribution in [3.05, 3.63) is 88.6 Å². The second-order valence-electron chi connectivity index (χ2n) is 6.84. The van der Waals surface area contributed by atoms with Crippen molar-refractivity contribution < 1.29 is 23.1 Å². The number of carbonyl (C=O) groups excluding carboxylic acids is 1. The third-order valence-electron chi connectivity index (χ3n) is 4.28. The molecule has 0 saturated carbocycles. The Morgan fingerprint density at radius 1 is 0.824 bits per heavy atom. The molecule has 3 aromatic rings. The molecule has 3 aromatic carbocycles. The lowest BCUT2D eigenvalue weighted by Gasteiger charge is -2.25. The normalized spacial score (nSPS) is 13.6. The van der Waals surface area contributed by atoms with Crippen molar-refractivity contribution >= 4 is 93.4 Å². The van der Waals surface area contributed by atoms with E-state index in [1.54, 1.807) is 30.3 Å². The molecule has 3 rings (SSSR count). The van der Waals surface area contributed by atoms with E-state index in [0.29, 0.717) is 28.1 Å². The van der Waals surface area contributed by atoms with Gasteiger partial charge in [-0.2, -0.15) is 5.09 Å². The van der Waals surface area contributed by atoms with Gasteiger partial charge in [0.15, 0.2) is 5.75 Å². The van der Waals surface area contributed by atoms with E-state index < -0.39 is 19.8 Å². The minimum atomic E-state index is -4.15. The monoisotopic (exact) mass is 801 g/mol. The Labute approximate surface area is 239 Å². The SMILES string of the molecule is C[C@H](NP(=O)(Oc1ccccc1)Oc1c(Br)c(Br)c(Br)c(Br)c1Br)C(=O)OCc1ccccc1. The zero-order valence-electron chi connectivity index (χ0n) is 17.4. The lowest BCUT2D eigenvalue weighted by atomic mass is 10.2. The van der Waals surface area contributed by atoms with E-state index in [2.05, 4.69) is 84.7 Å². The molecule has 0 bridgehead atoms. The number of nitrogens with one attached hydrogen (secondary N) is 1. The van der Waals surface area contributed by atoms with Gasteiger partial charge < -0.3 is 13.8 Å². The maximum atomic E-state index is 13.9. The second-order valence-corrected chi connectivity index (χ2v) is 12.4. The van der Waals surface area contributed by atoms with Crippen molar-refractivity contribution in [2.24, 2.45) is 0 Å². The fraction of sp³-hybridized carbons (Fsp3) is 0.136. The summed E-state index contributed by atoms with van der Waals surface area (Å²) in [5, 5.41) is 2.69. The highest BCUT2D eigenvalue weighted by Gasteiger charge is 2.36. The minimum absolute atomic E-state index is 0.0834. The van der Waals surface area contributed by atoms with Crippen LogP contribution in [0.15, 0.2) is 83.0 Å². The molecule has 0 radical (unpaired) electrons. The average molecular weight is 806 g/mol. The number of ether oxygens (including phenoxy) is 1. The maximum absolute atomic E-state index is 13.9. The second kappa shape index (κ2) is 12.5. The van der Waals surface area contributed by atoms with E-state index in [0.717, 1.165) is 5.56 Å². The summed E-state index contributed by atoms with van der Waals surface area (Å²) in [7, 11) is -4.15. The quantitative estimate of drug-likeness (QED) is 0.101. The molecule has 0 fully saturated rings. The molecule has 2 atom stereocenters. The number of esters is 1. The summed E-state index contributed by atoms with van der Waals surface area (Å²) in [6.45, 7) is 1.61. The van der Waals surface area contributed by atoms with E-state index >= 15 is 0 Å². The van der Waals surface area contributed by atoms with E-state index in [1.807, 2.05) is 30.3 Å². The first-order valence-corrected chi connectivity index (χ1v) is 15.2. The number of para-hydroxylation sites is 1. The number of carbonyl (C=O) groups is 1. The van der Waals surface area contributed by atoms with Crippen molar-refractivity contribution in [3.8, 4) is 11.5 Å². The number of benzene rings is 3. The van der Waals surface area contributed by atoms with Gasteiger partial charge in [0.25, 0.3) is 0 Å². The van der Waals surface area contributed by atoms with Crippen molar-refractivity contribution in [2.75, 3.05) is 0 Å². The van der Waals surface area contributed by atoms with E-state index in [4.69, 9.17) is 13.8 Å². The van der Waals surface area contributed by atoms with Crippen LogP contribution in [0.1, 0.15) is 12.5 Å². The molecule has 180 valence electrons. The summed E-state index contributed by atoms with van der Waals surface area (Å²) in [5.41, 5.74) is 0.834. The molecule has 0 aromatic heterocycles. The van der Waals surface area contributed by atoms with Crippen LogP contribution in [0.4, 0.5) is 0 Å². The largest absolute Gasteiger partial charge is 0.513 e. The molecule has 0 aliphatic heterocycles. The molecule has 1 N–H and O–H groups in total. The van der Waals surface area contributed by atoms with Crippen molar-refractivity contribution in [1.29, 1.82) is 0 Å². The van der Waals surface area contributed by atoms with Crippen LogP contribution in [0.2, 0.25) is 0 Å². The van der Waals surface area contributed by atoms with Crippen molar-refractivity contribution in [2.45, 2.75) is 19.6 Å². The first-order chi connectivity index (χ1) is 16.1. The minimum Gasteiger partial charge on any atom is -0.460 e. The highest BCUT2D eigenvalue weighted by Crippen LogP contribution is 2.54. The van der Waals surface area contributed by atoms with Gasteiger partial charge >= 0.3 is 13.7 Å². The van der Waals surface area contributed by atoms with Crippen LogP contribution in [0.25, 0.3) is 0 Å². The number of hydrogen-bond donors (Lipinski definition) is 1. The van der Waals surface area contributed by atoms with Gasteiger partial charge in [0.1, 0.15) is 18.4 Å². The predicted octanol–water partition coefficient (Wildman–Crippen LogP) is 8.79. The molecule has 0 aliphatic carbocycles. The molecule has 0 saturated heterocycles. The molecule has 0 heterocycles. The fourth-order valence-corrected chi connectivity index (χ4v) is 7.59. The summed E-state index contributed by atoms with van der Waals surface area (Å²) in [6, 6.07) is 16.8. The van der Waals surface area contributed by atoms with Gasteiger partial charge in [0, 0.05) is 4.47 Å². The molecule has 1 unspecified atom stereocenters. The number of rotatable bonds is 9. The van der Waals surface area contributed by atoms with E-state index in [1.165, 1.54) is 6.92 Å². The van der Waals surface area contributed by atoms with Crippen LogP contribution in [-0.4, -0.2) is 12.0 Å². The number of hydrogen-bond acceptors (Lipinski definition) is 5. The van der Waals surface area contributed by atoms with Crippen LogP contribution >= 0.6 is 87.4 Å². The third-order valence-corrected chi connectivity index (χ3v) is 11.9. The van der Waals surface area contributed by atoms with Gasteiger partial charge in [0.2, 0.25) is 0 Å². The Morgan fingerprint density at radius 2 is 1.32 bits per heavy atom. The Bertz CT molecular complexity index is 1180. The summed E-state index contributed by atoms with van der Waals surface area (Å²) in [5.74, 6) is -0.120. The molecule has 0 aliphatic rings. The molecule has 0 spiro atoms. The Hall–Kier alpha value is -0.680. The molecule has 34 heavy (non-hydrogen) atoms. The van der Waals surface area contributed by atoms with Gasteiger partial charge in [-0.25, -0.2) is 4.57 Å². The third kappa shape index (κ3) is 7.18. The van der Waals surface area contributed by atoms with Crippen LogP contribution in [-0.2, 0) is 20.7 Å². The van der Waals surface area contributed by atoms with Gasteiger partial charge in [-0.1, -0.05) is 48.5 Å². The molecular formula is C22H17Br5NO5P. The van der Waals surface area contributed by atoms with E-state index in [-0.39, 0.29) is 12.4 Å². The maximum Gasteiger partial charge on any atom is 0.513 e. The highest BCUT2D eigenvalue weighted by atomic mass is 79.9. The van der Waals surface area contributed by atoms with Crippen molar-refractivity contribution in [1.82, 2.24) is 5.09 Å². The summed E-state index contributed by atoms with van der Waals surface area (Å²) < 4.78 is 33.8. The van der Waals surface area contributed by atoms with Gasteiger partial charge in [-0.15, -0.1) is 0 Å². The first-order valence-electron chi connectivity index (χ1n) is 9.65. The fourth-order valence-electron chi connectivity index (χ4n) is 2.62. The first kappa shape index (κ1) is 27.9. The Morgan fingerprint density at radius 3 is 1.88 bits per heavy atom. The lowest BCUT2D eigenvalue weighted by molar-refractivity contribution is -0.146. The lowest BCUT2D eigenvalue weighted by Crippen LogP contribution is -2.35. The van der Waals surface area contributed by atoms with Gasteiger partial charge in [-0.05, 0) is 104 Å². The summed E-state index contributed by atoms with van der Waals surface area (Å²) in [4.78, 5) is 12.6. The standard InChI is InChI=1S/C22H17Br5NO5P/c1-13(22(29)31-12-14-8-4-2-5-9-14)28-34(30,32-15-10-6-3-7-11-15)33-21-19(26)17(24)16(23)18(25)20(21)27/h2-11,13H,12H2,1H3,(H,28,30)/t13-,34?/m0/s1. The molecule has 0 amide bonds. The average Bonchev–Trinajstić information content (AvgIpc) is 2.84. The van der Waals surface area contributed by atoms with Crippen LogP contribution in [0, 0.1) is 0 Å². The zero-order valence-corrected chi connectivity index (χ0v) is 26.3. The number of halogens is 5. The van der Waals surface area contributed by atoms with Crippen LogP contribution in [0.5, 0.6) is 11.5 Å². The van der Waals surface area contributed by atoms with Gasteiger partial charge in [-0.3, -0.25) is 4.79 Å². The molecule has 6 nitrogen and oxygen atoms in total. The van der Waals surface area contributed by atoms with Crippen LogP contribution < -0.4 is 14.1 Å². The van der Waals surface area contributed by atoms with Crippen LogP contribution in [0.3, 0.4) is 0 Å². The topological polar surface area (TPSA) is 73.9 Å². The Balaban J connectivity index is 1.86. The summed E-state index contributed by atoms with van der Waals surface area (Å²) >= 11 is 17.3.